The molecule has 0 aliphatic carbocycles. The third kappa shape index (κ3) is 4.15. The van der Waals surface area contributed by atoms with Gasteiger partial charge in [-0.2, -0.15) is 0 Å². The fourth-order valence-corrected chi connectivity index (χ4v) is 2.58. The van der Waals surface area contributed by atoms with Crippen molar-refractivity contribution in [2.24, 2.45) is 0 Å². The van der Waals surface area contributed by atoms with E-state index in [4.69, 9.17) is 21.1 Å². The first kappa shape index (κ1) is 16.6. The highest BCUT2D eigenvalue weighted by Crippen LogP contribution is 2.24. The topological polar surface area (TPSA) is 50.8 Å². The first-order valence-electron chi connectivity index (χ1n) is 7.14. The van der Waals surface area contributed by atoms with Crippen LogP contribution < -0.4 is 10.1 Å². The van der Waals surface area contributed by atoms with E-state index in [0.29, 0.717) is 29.4 Å². The maximum absolute atomic E-state index is 12.3. The van der Waals surface area contributed by atoms with Crippen molar-refractivity contribution in [2.45, 2.75) is 12.5 Å². The van der Waals surface area contributed by atoms with Crippen LogP contribution in [-0.4, -0.2) is 50.8 Å². The summed E-state index contributed by atoms with van der Waals surface area (Å²) in [5, 5.41) is 3.57. The highest BCUT2D eigenvalue weighted by molar-refractivity contribution is 6.31. The zero-order chi connectivity index (χ0) is 16.1. The van der Waals surface area contributed by atoms with E-state index in [1.165, 1.54) is 0 Å². The maximum Gasteiger partial charge on any atom is 0.252 e. The van der Waals surface area contributed by atoms with E-state index in [0.717, 1.165) is 12.1 Å². The summed E-state index contributed by atoms with van der Waals surface area (Å²) in [5.41, 5.74) is 1.27. The molecule has 0 aromatic heterocycles. The minimum absolute atomic E-state index is 0.0876. The number of carbonyl (C=O) groups is 1. The second kappa shape index (κ2) is 7.51. The van der Waals surface area contributed by atoms with Crippen molar-refractivity contribution >= 4 is 23.2 Å². The fraction of sp³-hybridized carbons (Fsp3) is 0.438. The van der Waals surface area contributed by atoms with Crippen LogP contribution in [0.3, 0.4) is 0 Å². The number of benzene rings is 1. The summed E-state index contributed by atoms with van der Waals surface area (Å²) in [6.45, 7) is 5.26. The number of hydrogen-bond donors (Lipinski definition) is 1. The SMILES string of the molecule is C=C(COc1cc(Cl)cc(NC)c1)C(=O)N1CCC(OC)C1. The molecule has 0 spiro atoms. The Bertz CT molecular complexity index is 562. The molecule has 6 heteroatoms. The summed E-state index contributed by atoms with van der Waals surface area (Å²) < 4.78 is 10.9. The first-order chi connectivity index (χ1) is 10.5. The Morgan fingerprint density at radius 1 is 1.50 bits per heavy atom. The Morgan fingerprint density at radius 3 is 2.91 bits per heavy atom. The molecule has 1 saturated heterocycles. The largest absolute Gasteiger partial charge is 0.489 e. The zero-order valence-corrected chi connectivity index (χ0v) is 13.7. The van der Waals surface area contributed by atoms with Gasteiger partial charge in [0.15, 0.2) is 0 Å². The predicted molar refractivity (Wildman–Crippen MR) is 87.6 cm³/mol. The second-order valence-electron chi connectivity index (χ2n) is 5.22. The van der Waals surface area contributed by atoms with Crippen LogP contribution in [-0.2, 0) is 9.53 Å². The van der Waals surface area contributed by atoms with Crippen LogP contribution in [0.15, 0.2) is 30.4 Å². The van der Waals surface area contributed by atoms with Crippen LogP contribution in [0.5, 0.6) is 5.75 Å². The van der Waals surface area contributed by atoms with Gasteiger partial charge in [0, 0.05) is 49.6 Å². The molecule has 1 aliphatic heterocycles. The Labute approximate surface area is 135 Å². The molecular weight excluding hydrogens is 304 g/mol. The van der Waals surface area contributed by atoms with Gasteiger partial charge in [-0.15, -0.1) is 0 Å². The Kier molecular flexibility index (Phi) is 5.69. The molecule has 120 valence electrons. The Balaban J connectivity index is 1.90. The van der Waals surface area contributed by atoms with E-state index in [1.807, 2.05) is 6.07 Å². The number of amides is 1. The van der Waals surface area contributed by atoms with Gasteiger partial charge in [-0.3, -0.25) is 4.79 Å². The van der Waals surface area contributed by atoms with Crippen molar-refractivity contribution < 1.29 is 14.3 Å². The minimum atomic E-state index is -0.0876. The maximum atomic E-state index is 12.3. The van der Waals surface area contributed by atoms with Crippen molar-refractivity contribution in [1.82, 2.24) is 4.90 Å². The number of carbonyl (C=O) groups excluding carboxylic acids is 1. The van der Waals surface area contributed by atoms with Crippen molar-refractivity contribution in [3.8, 4) is 5.75 Å². The number of halogens is 1. The summed E-state index contributed by atoms with van der Waals surface area (Å²) in [6.07, 6.45) is 0.972. The molecule has 1 atom stereocenters. The van der Waals surface area contributed by atoms with Crippen LogP contribution in [0.25, 0.3) is 0 Å². The highest BCUT2D eigenvalue weighted by atomic mass is 35.5. The average Bonchev–Trinajstić information content (AvgIpc) is 3.00. The summed E-state index contributed by atoms with van der Waals surface area (Å²) in [4.78, 5) is 14.0. The molecule has 1 unspecified atom stereocenters. The lowest BCUT2D eigenvalue weighted by molar-refractivity contribution is -0.126. The number of anilines is 1. The van der Waals surface area contributed by atoms with Gasteiger partial charge in [0.05, 0.1) is 6.10 Å². The van der Waals surface area contributed by atoms with Crippen molar-refractivity contribution in [1.29, 1.82) is 0 Å². The van der Waals surface area contributed by atoms with Crippen LogP contribution >= 0.6 is 11.6 Å². The number of rotatable bonds is 6. The van der Waals surface area contributed by atoms with Gasteiger partial charge in [-0.25, -0.2) is 0 Å². The molecular formula is C16H21ClN2O3. The molecule has 1 aromatic rings. The fourth-order valence-electron chi connectivity index (χ4n) is 2.35. The van der Waals surface area contributed by atoms with E-state index in [-0.39, 0.29) is 18.6 Å². The number of methoxy groups -OCH3 is 1. The van der Waals surface area contributed by atoms with Crippen LogP contribution in [0, 0.1) is 0 Å². The van der Waals surface area contributed by atoms with Crippen molar-refractivity contribution in [3.05, 3.63) is 35.4 Å². The van der Waals surface area contributed by atoms with E-state index in [1.54, 1.807) is 31.2 Å². The van der Waals surface area contributed by atoms with Gasteiger partial charge < -0.3 is 19.7 Å². The first-order valence-corrected chi connectivity index (χ1v) is 7.52. The number of ether oxygens (including phenoxy) is 2. The Hall–Kier alpha value is -1.72. The summed E-state index contributed by atoms with van der Waals surface area (Å²) in [6, 6.07) is 5.32. The minimum Gasteiger partial charge on any atom is -0.489 e. The summed E-state index contributed by atoms with van der Waals surface area (Å²) in [5.74, 6) is 0.511. The van der Waals surface area contributed by atoms with Crippen LogP contribution in [0.4, 0.5) is 5.69 Å². The number of likely N-dealkylation sites (tertiary alicyclic amines) is 1. The van der Waals surface area contributed by atoms with Crippen LogP contribution in [0.1, 0.15) is 6.42 Å². The second-order valence-corrected chi connectivity index (χ2v) is 5.65. The molecule has 1 N–H and O–H groups in total. The molecule has 1 aliphatic rings. The molecule has 0 saturated carbocycles. The Morgan fingerprint density at radius 2 is 2.27 bits per heavy atom. The highest BCUT2D eigenvalue weighted by Gasteiger charge is 2.27. The normalized spacial score (nSPS) is 17.4. The molecule has 0 bridgehead atoms. The van der Waals surface area contributed by atoms with Gasteiger partial charge in [0.1, 0.15) is 12.4 Å². The lowest BCUT2D eigenvalue weighted by Crippen LogP contribution is -2.32. The quantitative estimate of drug-likeness (QED) is 0.817. The van der Waals surface area contributed by atoms with E-state index >= 15 is 0 Å². The number of nitrogens with zero attached hydrogens (tertiary/aromatic N) is 1. The molecule has 1 heterocycles. The van der Waals surface area contributed by atoms with E-state index in [9.17, 15) is 4.79 Å². The van der Waals surface area contributed by atoms with Gasteiger partial charge in [0.2, 0.25) is 0 Å². The lowest BCUT2D eigenvalue weighted by atomic mass is 10.2. The molecule has 5 nitrogen and oxygen atoms in total. The number of hydrogen-bond acceptors (Lipinski definition) is 4. The molecule has 1 amide bonds. The smallest absolute Gasteiger partial charge is 0.252 e. The van der Waals surface area contributed by atoms with Gasteiger partial charge in [0.25, 0.3) is 5.91 Å². The van der Waals surface area contributed by atoms with Crippen molar-refractivity contribution in [2.75, 3.05) is 39.2 Å². The predicted octanol–water partition coefficient (Wildman–Crippen LogP) is 2.56. The molecule has 1 aromatic carbocycles. The van der Waals surface area contributed by atoms with Gasteiger partial charge in [-0.05, 0) is 18.6 Å². The summed E-state index contributed by atoms with van der Waals surface area (Å²) >= 11 is 6.01. The third-order valence-electron chi connectivity index (χ3n) is 3.64. The number of nitrogens with one attached hydrogen (secondary N) is 1. The molecule has 1 fully saturated rings. The average molecular weight is 325 g/mol. The van der Waals surface area contributed by atoms with Crippen LogP contribution in [0.2, 0.25) is 5.02 Å². The standard InChI is InChI=1S/C16H21ClN2O3/c1-11(16(20)19-5-4-14(9-19)21-3)10-22-15-7-12(17)6-13(8-15)18-2/h6-8,14,18H,1,4-5,9-10H2,2-3H3. The summed E-state index contributed by atoms with van der Waals surface area (Å²) in [7, 11) is 3.46. The molecule has 0 radical (unpaired) electrons. The van der Waals surface area contributed by atoms with E-state index < -0.39 is 0 Å². The lowest BCUT2D eigenvalue weighted by Gasteiger charge is -2.18. The van der Waals surface area contributed by atoms with E-state index in [2.05, 4.69) is 11.9 Å². The van der Waals surface area contributed by atoms with Crippen molar-refractivity contribution in [3.63, 3.8) is 0 Å². The monoisotopic (exact) mass is 324 g/mol. The molecule has 22 heavy (non-hydrogen) atoms. The van der Waals surface area contributed by atoms with Gasteiger partial charge >= 0.3 is 0 Å². The zero-order valence-electron chi connectivity index (χ0n) is 12.9. The van der Waals surface area contributed by atoms with Gasteiger partial charge in [-0.1, -0.05) is 18.2 Å². The third-order valence-corrected chi connectivity index (χ3v) is 3.86. The molecule has 2 rings (SSSR count).